The lowest BCUT2D eigenvalue weighted by Crippen LogP contribution is -2.43. The van der Waals surface area contributed by atoms with E-state index in [1.165, 1.54) is 0 Å². The van der Waals surface area contributed by atoms with Gasteiger partial charge in [0.05, 0.1) is 23.6 Å². The molecule has 0 aliphatic carbocycles. The topological polar surface area (TPSA) is 83.3 Å². The van der Waals surface area contributed by atoms with Crippen LogP contribution >= 0.6 is 0 Å². The fourth-order valence-electron chi connectivity index (χ4n) is 3.94. The molecule has 0 radical (unpaired) electrons. The lowest BCUT2D eigenvalue weighted by molar-refractivity contribution is -0.121. The van der Waals surface area contributed by atoms with Gasteiger partial charge in [0.2, 0.25) is 5.91 Å². The maximum absolute atomic E-state index is 13.0. The Hall–Kier alpha value is -3.64. The first-order valence-corrected chi connectivity index (χ1v) is 10.7. The number of nitrogens with one attached hydrogen (secondary N) is 2. The van der Waals surface area contributed by atoms with E-state index in [1.54, 1.807) is 0 Å². The number of para-hydroxylation sites is 1. The number of nitrogens with zero attached hydrogens (tertiary/aromatic N) is 2. The van der Waals surface area contributed by atoms with Crippen LogP contribution in [0.2, 0.25) is 0 Å². The number of carbonyl (C=O) groups is 1. The van der Waals surface area contributed by atoms with E-state index in [0.717, 1.165) is 44.3 Å². The molecule has 0 spiro atoms. The molecule has 32 heavy (non-hydrogen) atoms. The summed E-state index contributed by atoms with van der Waals surface area (Å²) in [5, 5.41) is 8.50. The number of hydrogen-bond acceptors (Lipinski definition) is 5. The lowest BCUT2D eigenvalue weighted by Gasteiger charge is -2.22. The van der Waals surface area contributed by atoms with Crippen LogP contribution in [-0.2, 0) is 11.2 Å². The molecule has 1 aromatic heterocycles. The molecule has 3 aromatic carbocycles. The molecular weight excluding hydrogens is 398 g/mol. The first-order chi connectivity index (χ1) is 15.3. The maximum atomic E-state index is 13.0. The molecule has 4 aromatic rings. The number of carbonyl (C=O) groups excluding carboxylic acids is 1. The molecule has 1 amide bonds. The Kier molecular flexibility index (Phi) is 5.97. The van der Waals surface area contributed by atoms with E-state index < -0.39 is 0 Å². The van der Waals surface area contributed by atoms with Gasteiger partial charge in [0.25, 0.3) is 0 Å². The molecule has 0 aliphatic heterocycles. The summed E-state index contributed by atoms with van der Waals surface area (Å²) in [7, 11) is 3.88. The van der Waals surface area contributed by atoms with Crippen molar-refractivity contribution in [2.45, 2.75) is 26.4 Å². The number of benzene rings is 3. The standard InChI is InChI=1S/C26H29N5O/c1-16-12-18(27)14-19(13-16)29-23-10-7-11-24-26(23)21(15-25(32)28-17(2)31(3)4)20-8-5-6-9-22(20)30-24/h5-14,17,29H,15,27H2,1-4H3,(H,28,32). The molecule has 164 valence electrons. The molecule has 6 nitrogen and oxygen atoms in total. The number of anilines is 3. The second kappa shape index (κ2) is 8.85. The fraction of sp³-hybridized carbons (Fsp3) is 0.231. The Labute approximate surface area is 188 Å². The number of aromatic nitrogens is 1. The number of aryl methyl sites for hydroxylation is 1. The molecule has 4 rings (SSSR count). The van der Waals surface area contributed by atoms with Crippen molar-refractivity contribution in [2.24, 2.45) is 0 Å². The monoisotopic (exact) mass is 427 g/mol. The molecule has 1 unspecified atom stereocenters. The Morgan fingerprint density at radius 3 is 2.56 bits per heavy atom. The van der Waals surface area contributed by atoms with Crippen molar-refractivity contribution in [3.8, 4) is 0 Å². The van der Waals surface area contributed by atoms with Gasteiger partial charge in [-0.3, -0.25) is 9.69 Å². The molecule has 0 saturated heterocycles. The summed E-state index contributed by atoms with van der Waals surface area (Å²) in [6.45, 7) is 3.98. The number of nitrogen functional groups attached to an aromatic ring is 1. The first-order valence-electron chi connectivity index (χ1n) is 10.7. The van der Waals surface area contributed by atoms with E-state index in [-0.39, 0.29) is 18.5 Å². The lowest BCUT2D eigenvalue weighted by atomic mass is 9.98. The summed E-state index contributed by atoms with van der Waals surface area (Å²) in [6, 6.07) is 19.8. The average Bonchev–Trinajstić information content (AvgIpc) is 2.72. The third-order valence-electron chi connectivity index (χ3n) is 5.67. The van der Waals surface area contributed by atoms with Gasteiger partial charge < -0.3 is 16.4 Å². The highest BCUT2D eigenvalue weighted by molar-refractivity contribution is 6.06. The summed E-state index contributed by atoms with van der Waals surface area (Å²) in [5.41, 5.74) is 12.3. The van der Waals surface area contributed by atoms with Crippen LogP contribution < -0.4 is 16.4 Å². The normalized spacial score (nSPS) is 12.3. The van der Waals surface area contributed by atoms with Crippen LogP contribution in [0.15, 0.2) is 60.7 Å². The van der Waals surface area contributed by atoms with E-state index in [2.05, 4.69) is 16.7 Å². The molecule has 0 fully saturated rings. The van der Waals surface area contributed by atoms with Crippen LogP contribution in [0, 0.1) is 6.92 Å². The third kappa shape index (κ3) is 4.50. The minimum absolute atomic E-state index is 0.0292. The van der Waals surface area contributed by atoms with Crippen molar-refractivity contribution in [3.63, 3.8) is 0 Å². The summed E-state index contributed by atoms with van der Waals surface area (Å²) in [5.74, 6) is -0.0292. The largest absolute Gasteiger partial charge is 0.399 e. The number of rotatable bonds is 6. The minimum atomic E-state index is -0.0604. The number of hydrogen-bond donors (Lipinski definition) is 3. The summed E-state index contributed by atoms with van der Waals surface area (Å²) in [6.07, 6.45) is 0.196. The van der Waals surface area contributed by atoms with Crippen LogP contribution in [0.1, 0.15) is 18.1 Å². The van der Waals surface area contributed by atoms with E-state index in [4.69, 9.17) is 10.7 Å². The molecule has 4 N–H and O–H groups in total. The van der Waals surface area contributed by atoms with Crippen molar-refractivity contribution < 1.29 is 4.79 Å². The molecular formula is C26H29N5O. The highest BCUT2D eigenvalue weighted by Crippen LogP contribution is 2.34. The van der Waals surface area contributed by atoms with Gasteiger partial charge in [-0.05, 0) is 75.5 Å². The zero-order chi connectivity index (χ0) is 22.8. The zero-order valence-corrected chi connectivity index (χ0v) is 18.9. The molecule has 6 heteroatoms. The van der Waals surface area contributed by atoms with Crippen LogP contribution in [0.25, 0.3) is 21.8 Å². The Morgan fingerprint density at radius 1 is 1.06 bits per heavy atom. The Balaban J connectivity index is 1.85. The predicted octanol–water partition coefficient (Wildman–Crippen LogP) is 4.59. The van der Waals surface area contributed by atoms with Crippen molar-refractivity contribution in [3.05, 3.63) is 71.8 Å². The van der Waals surface area contributed by atoms with E-state index in [0.29, 0.717) is 5.69 Å². The van der Waals surface area contributed by atoms with Gasteiger partial charge >= 0.3 is 0 Å². The zero-order valence-electron chi connectivity index (χ0n) is 18.9. The molecule has 0 saturated carbocycles. The van der Waals surface area contributed by atoms with Gasteiger partial charge in [-0.2, -0.15) is 0 Å². The summed E-state index contributed by atoms with van der Waals surface area (Å²) < 4.78 is 0. The summed E-state index contributed by atoms with van der Waals surface area (Å²) in [4.78, 5) is 19.8. The van der Waals surface area contributed by atoms with Crippen molar-refractivity contribution in [1.82, 2.24) is 15.2 Å². The number of amides is 1. The maximum Gasteiger partial charge on any atom is 0.225 e. The summed E-state index contributed by atoms with van der Waals surface area (Å²) >= 11 is 0. The van der Waals surface area contributed by atoms with Crippen molar-refractivity contribution >= 4 is 44.8 Å². The van der Waals surface area contributed by atoms with Gasteiger partial charge in [-0.25, -0.2) is 4.98 Å². The quantitative estimate of drug-likeness (QED) is 0.238. The van der Waals surface area contributed by atoms with E-state index in [9.17, 15) is 4.79 Å². The first kappa shape index (κ1) is 21.6. The van der Waals surface area contributed by atoms with Crippen LogP contribution in [-0.4, -0.2) is 36.1 Å². The van der Waals surface area contributed by atoms with Crippen LogP contribution in [0.4, 0.5) is 17.1 Å². The molecule has 1 atom stereocenters. The average molecular weight is 428 g/mol. The van der Waals surface area contributed by atoms with Gasteiger partial charge in [0.1, 0.15) is 0 Å². The van der Waals surface area contributed by atoms with Crippen LogP contribution in [0.3, 0.4) is 0 Å². The second-order valence-electron chi connectivity index (χ2n) is 8.45. The molecule has 0 aliphatic rings. The van der Waals surface area contributed by atoms with E-state index in [1.807, 2.05) is 87.4 Å². The van der Waals surface area contributed by atoms with Gasteiger partial charge in [-0.15, -0.1) is 0 Å². The van der Waals surface area contributed by atoms with Gasteiger partial charge in [0, 0.05) is 27.8 Å². The van der Waals surface area contributed by atoms with Gasteiger partial charge in [0.15, 0.2) is 0 Å². The smallest absolute Gasteiger partial charge is 0.225 e. The highest BCUT2D eigenvalue weighted by atomic mass is 16.1. The van der Waals surface area contributed by atoms with Crippen molar-refractivity contribution in [2.75, 3.05) is 25.1 Å². The highest BCUT2D eigenvalue weighted by Gasteiger charge is 2.17. The predicted molar refractivity (Wildman–Crippen MR) is 133 cm³/mol. The fourth-order valence-corrected chi connectivity index (χ4v) is 3.94. The van der Waals surface area contributed by atoms with Crippen molar-refractivity contribution in [1.29, 1.82) is 0 Å². The molecule has 0 bridgehead atoms. The Bertz CT molecular complexity index is 1280. The van der Waals surface area contributed by atoms with Crippen LogP contribution in [0.5, 0.6) is 0 Å². The second-order valence-corrected chi connectivity index (χ2v) is 8.45. The van der Waals surface area contributed by atoms with E-state index >= 15 is 0 Å². The molecule has 1 heterocycles. The SMILES string of the molecule is Cc1cc(N)cc(Nc2cccc3nc4ccccc4c(CC(=O)NC(C)N(C)C)c23)c1. The number of pyridine rings is 1. The number of fused-ring (bicyclic) bond motifs is 2. The number of nitrogens with two attached hydrogens (primary N) is 1. The minimum Gasteiger partial charge on any atom is -0.399 e. The Morgan fingerprint density at radius 2 is 1.81 bits per heavy atom. The van der Waals surface area contributed by atoms with Gasteiger partial charge in [-0.1, -0.05) is 24.3 Å². The third-order valence-corrected chi connectivity index (χ3v) is 5.67.